The number of H-pyrrole nitrogens is 1. The van der Waals surface area contributed by atoms with Gasteiger partial charge >= 0.3 is 6.01 Å². The van der Waals surface area contributed by atoms with Crippen LogP contribution in [0.4, 0.5) is 0 Å². The summed E-state index contributed by atoms with van der Waals surface area (Å²) in [6, 6.07) is 7.47. The summed E-state index contributed by atoms with van der Waals surface area (Å²) < 4.78 is 10.3. The molecule has 0 saturated carbocycles. The van der Waals surface area contributed by atoms with Gasteiger partial charge in [-0.3, -0.25) is 10.8 Å². The number of hydrogen-bond donors (Lipinski definition) is 4. The molecule has 3 rings (SSSR count). The van der Waals surface area contributed by atoms with E-state index in [9.17, 15) is 0 Å². The van der Waals surface area contributed by atoms with E-state index in [-0.39, 0.29) is 16.2 Å². The second-order valence-corrected chi connectivity index (χ2v) is 6.09. The maximum Gasteiger partial charge on any atom is 0.320 e. The maximum atomic E-state index is 8.06. The number of nitrogens with one attached hydrogen (secondary N) is 3. The minimum absolute atomic E-state index is 0.121. The van der Waals surface area contributed by atoms with Gasteiger partial charge in [-0.15, -0.1) is 0 Å². The molecule has 2 aromatic heterocycles. The number of benzene rings is 1. The molecule has 0 bridgehead atoms. The largest absolute Gasteiger partial charge is 0.481 e. The number of aromatic nitrogens is 3. The number of fused-ring (bicyclic) bond motifs is 1. The number of methoxy groups -OCH3 is 2. The molecule has 0 saturated heterocycles. The third kappa shape index (κ3) is 3.41. The zero-order valence-electron chi connectivity index (χ0n) is 13.6. The van der Waals surface area contributed by atoms with Gasteiger partial charge in [-0.2, -0.15) is 9.97 Å². The van der Waals surface area contributed by atoms with Crippen LogP contribution in [0.2, 0.25) is 0 Å². The predicted molar refractivity (Wildman–Crippen MR) is 98.8 cm³/mol. The fourth-order valence-corrected chi connectivity index (χ4v) is 2.85. The standard InChI is InChI=1S/C16H16N6O2S/c1-23-13-6-12(21-16(22-13)24-2)10-7-20-11-4-3-8(5-9(10)11)14(17)25-15(18)19/h3-7,17,20H,1-2H3,(H3,18,19). The molecule has 0 aliphatic carbocycles. The maximum absolute atomic E-state index is 8.06. The highest BCUT2D eigenvalue weighted by atomic mass is 32.2. The van der Waals surface area contributed by atoms with Crippen molar-refractivity contribution in [1.29, 1.82) is 10.8 Å². The summed E-state index contributed by atoms with van der Waals surface area (Å²) in [4.78, 5) is 11.6. The monoisotopic (exact) mass is 356 g/mol. The summed E-state index contributed by atoms with van der Waals surface area (Å²) in [5.41, 5.74) is 8.40. The number of aromatic amines is 1. The molecule has 0 radical (unpaired) electrons. The Morgan fingerprint density at radius 2 is 1.96 bits per heavy atom. The topological polar surface area (TPSA) is 134 Å². The Kier molecular flexibility index (Phi) is 4.57. The minimum Gasteiger partial charge on any atom is -0.481 e. The molecule has 128 valence electrons. The van der Waals surface area contributed by atoms with Gasteiger partial charge in [0.25, 0.3) is 0 Å². The normalized spacial score (nSPS) is 10.6. The molecular formula is C16H16N6O2S. The summed E-state index contributed by atoms with van der Waals surface area (Å²) in [5.74, 6) is 0.396. The zero-order valence-corrected chi connectivity index (χ0v) is 14.4. The third-order valence-corrected chi connectivity index (χ3v) is 4.17. The summed E-state index contributed by atoms with van der Waals surface area (Å²) in [7, 11) is 3.02. The van der Waals surface area contributed by atoms with Crippen molar-refractivity contribution >= 4 is 32.9 Å². The lowest BCUT2D eigenvalue weighted by Crippen LogP contribution is -2.08. The van der Waals surface area contributed by atoms with E-state index in [0.29, 0.717) is 17.1 Å². The van der Waals surface area contributed by atoms with Crippen molar-refractivity contribution < 1.29 is 9.47 Å². The van der Waals surface area contributed by atoms with Crippen LogP contribution in [0.5, 0.6) is 11.9 Å². The van der Waals surface area contributed by atoms with E-state index in [1.54, 1.807) is 6.07 Å². The van der Waals surface area contributed by atoms with E-state index in [2.05, 4.69) is 15.0 Å². The Hall–Kier alpha value is -3.07. The summed E-state index contributed by atoms with van der Waals surface area (Å²) in [5, 5.41) is 16.4. The van der Waals surface area contributed by atoms with E-state index in [4.69, 9.17) is 26.0 Å². The molecule has 0 spiro atoms. The van der Waals surface area contributed by atoms with E-state index < -0.39 is 0 Å². The molecule has 0 aliphatic heterocycles. The van der Waals surface area contributed by atoms with Crippen LogP contribution in [0.25, 0.3) is 22.2 Å². The van der Waals surface area contributed by atoms with Crippen molar-refractivity contribution in [2.45, 2.75) is 0 Å². The molecule has 5 N–H and O–H groups in total. The average Bonchev–Trinajstić information content (AvgIpc) is 3.03. The molecule has 0 aliphatic rings. The molecule has 3 aromatic rings. The fraction of sp³-hybridized carbons (Fsp3) is 0.125. The summed E-state index contributed by atoms with van der Waals surface area (Å²) in [6.07, 6.45) is 1.83. The first-order valence-electron chi connectivity index (χ1n) is 7.21. The molecule has 25 heavy (non-hydrogen) atoms. The molecule has 0 unspecified atom stereocenters. The van der Waals surface area contributed by atoms with E-state index in [0.717, 1.165) is 28.2 Å². The fourth-order valence-electron chi connectivity index (χ4n) is 2.38. The van der Waals surface area contributed by atoms with Gasteiger partial charge in [-0.25, -0.2) is 0 Å². The Bertz CT molecular complexity index is 946. The molecule has 0 atom stereocenters. The molecule has 8 nitrogen and oxygen atoms in total. The van der Waals surface area contributed by atoms with Gasteiger partial charge in [0.2, 0.25) is 5.88 Å². The quantitative estimate of drug-likeness (QED) is 0.419. The lowest BCUT2D eigenvalue weighted by Gasteiger charge is -2.06. The SMILES string of the molecule is COc1cc(-c2c[nH]c3ccc(C(=N)SC(=N)N)cc23)nc(OC)n1. The lowest BCUT2D eigenvalue weighted by atomic mass is 10.1. The predicted octanol–water partition coefficient (Wildman–Crippen LogP) is 2.59. The molecule has 2 heterocycles. The summed E-state index contributed by atoms with van der Waals surface area (Å²) >= 11 is 0.901. The van der Waals surface area contributed by atoms with Crippen LogP contribution >= 0.6 is 11.8 Å². The zero-order chi connectivity index (χ0) is 18.0. The van der Waals surface area contributed by atoms with E-state index in [1.807, 2.05) is 24.4 Å². The van der Waals surface area contributed by atoms with Crippen molar-refractivity contribution in [3.63, 3.8) is 0 Å². The molecular weight excluding hydrogens is 340 g/mol. The first kappa shape index (κ1) is 16.8. The minimum atomic E-state index is -0.121. The Balaban J connectivity index is 2.11. The van der Waals surface area contributed by atoms with Gasteiger partial charge in [0.05, 0.1) is 19.9 Å². The number of amidine groups is 1. The van der Waals surface area contributed by atoms with Crippen LogP contribution in [-0.2, 0) is 0 Å². The van der Waals surface area contributed by atoms with Gasteiger partial charge in [-0.1, -0.05) is 6.07 Å². The third-order valence-electron chi connectivity index (χ3n) is 3.51. The smallest absolute Gasteiger partial charge is 0.320 e. The number of rotatable bonds is 4. The van der Waals surface area contributed by atoms with Crippen LogP contribution in [-0.4, -0.2) is 39.4 Å². The van der Waals surface area contributed by atoms with Crippen LogP contribution in [0.3, 0.4) is 0 Å². The molecule has 9 heteroatoms. The number of hydrogen-bond acceptors (Lipinski definition) is 7. The van der Waals surface area contributed by atoms with E-state index in [1.165, 1.54) is 14.2 Å². The second-order valence-electron chi connectivity index (χ2n) is 5.04. The van der Waals surface area contributed by atoms with Crippen molar-refractivity contribution in [3.8, 4) is 23.1 Å². The summed E-state index contributed by atoms with van der Waals surface area (Å²) in [6.45, 7) is 0. The van der Waals surface area contributed by atoms with Gasteiger partial charge in [0.15, 0.2) is 5.17 Å². The van der Waals surface area contributed by atoms with Crippen molar-refractivity contribution in [3.05, 3.63) is 36.0 Å². The average molecular weight is 356 g/mol. The van der Waals surface area contributed by atoms with Crippen LogP contribution in [0, 0.1) is 10.8 Å². The van der Waals surface area contributed by atoms with Crippen LogP contribution in [0.15, 0.2) is 30.5 Å². The first-order chi connectivity index (χ1) is 12.0. The molecule has 0 amide bonds. The Morgan fingerprint density at radius 3 is 2.64 bits per heavy atom. The lowest BCUT2D eigenvalue weighted by molar-refractivity contribution is 0.353. The van der Waals surface area contributed by atoms with Crippen molar-refractivity contribution in [2.75, 3.05) is 14.2 Å². The Labute approximate surface area is 147 Å². The highest BCUT2D eigenvalue weighted by Gasteiger charge is 2.14. The number of nitrogens with two attached hydrogens (primary N) is 1. The molecule has 1 aromatic carbocycles. The second kappa shape index (κ2) is 6.81. The van der Waals surface area contributed by atoms with Crippen molar-refractivity contribution in [1.82, 2.24) is 15.0 Å². The number of ether oxygens (including phenoxy) is 2. The Morgan fingerprint density at radius 1 is 1.16 bits per heavy atom. The highest BCUT2D eigenvalue weighted by Crippen LogP contribution is 2.31. The van der Waals surface area contributed by atoms with Gasteiger partial charge in [-0.05, 0) is 23.9 Å². The number of thioether (sulfide) groups is 1. The molecule has 0 fully saturated rings. The van der Waals surface area contributed by atoms with Gasteiger partial charge < -0.3 is 20.2 Å². The highest BCUT2D eigenvalue weighted by molar-refractivity contribution is 8.26. The number of nitrogens with zero attached hydrogens (tertiary/aromatic N) is 2. The van der Waals surface area contributed by atoms with Crippen LogP contribution in [0.1, 0.15) is 5.56 Å². The van der Waals surface area contributed by atoms with Gasteiger partial charge in [0.1, 0.15) is 5.04 Å². The van der Waals surface area contributed by atoms with Crippen LogP contribution < -0.4 is 15.2 Å². The van der Waals surface area contributed by atoms with E-state index >= 15 is 0 Å². The van der Waals surface area contributed by atoms with Crippen molar-refractivity contribution in [2.24, 2.45) is 5.73 Å². The van der Waals surface area contributed by atoms with Gasteiger partial charge in [0, 0.05) is 34.3 Å². The first-order valence-corrected chi connectivity index (χ1v) is 8.03.